The highest BCUT2D eigenvalue weighted by molar-refractivity contribution is 6.06. The topological polar surface area (TPSA) is 92.2 Å². The van der Waals surface area contributed by atoms with Gasteiger partial charge in [-0.2, -0.15) is 5.10 Å². The number of aromatic nitrogens is 3. The van der Waals surface area contributed by atoms with Crippen molar-refractivity contribution in [3.8, 4) is 0 Å². The molecule has 0 radical (unpaired) electrons. The fourth-order valence-corrected chi connectivity index (χ4v) is 4.23. The quantitative estimate of drug-likeness (QED) is 0.621. The van der Waals surface area contributed by atoms with Crippen LogP contribution in [0.25, 0.3) is 11.0 Å². The Labute approximate surface area is 188 Å². The van der Waals surface area contributed by atoms with Gasteiger partial charge in [0.1, 0.15) is 0 Å². The first-order valence-corrected chi connectivity index (χ1v) is 11.2. The Balaban J connectivity index is 1.62. The Kier molecular flexibility index (Phi) is 6.39. The van der Waals surface area contributed by atoms with Gasteiger partial charge in [-0.3, -0.25) is 9.59 Å². The van der Waals surface area contributed by atoms with E-state index in [1.807, 2.05) is 53.8 Å². The van der Waals surface area contributed by atoms with Crippen LogP contribution in [0.5, 0.6) is 0 Å². The average Bonchev–Trinajstić information content (AvgIpc) is 3.23. The number of anilines is 1. The lowest BCUT2D eigenvalue weighted by molar-refractivity contribution is -0.129. The van der Waals surface area contributed by atoms with E-state index in [4.69, 9.17) is 0 Å². The Morgan fingerprint density at radius 3 is 2.53 bits per heavy atom. The number of fused-ring (bicyclic) bond motifs is 1. The zero-order chi connectivity index (χ0) is 22.7. The molecule has 0 aliphatic carbocycles. The van der Waals surface area contributed by atoms with E-state index in [9.17, 15) is 9.59 Å². The number of carbonyl (C=O) groups is 2. The van der Waals surface area contributed by atoms with Gasteiger partial charge in [0, 0.05) is 38.8 Å². The van der Waals surface area contributed by atoms with Crippen molar-refractivity contribution in [2.24, 2.45) is 0 Å². The lowest BCUT2D eigenvalue weighted by atomic mass is 10.0. The Morgan fingerprint density at radius 2 is 1.88 bits per heavy atom. The molecule has 0 saturated carbocycles. The van der Waals surface area contributed by atoms with E-state index in [1.165, 1.54) is 0 Å². The Bertz CT molecular complexity index is 1100. The summed E-state index contributed by atoms with van der Waals surface area (Å²) in [6, 6.07) is 9.92. The van der Waals surface area contributed by atoms with Crippen LogP contribution in [0.1, 0.15) is 55.6 Å². The minimum absolute atomic E-state index is 0.106. The molecule has 1 aliphatic rings. The molecule has 1 atom stereocenters. The molecule has 2 amide bonds. The van der Waals surface area contributed by atoms with E-state index in [0.29, 0.717) is 25.2 Å². The summed E-state index contributed by atoms with van der Waals surface area (Å²) in [6.07, 6.45) is 5.06. The van der Waals surface area contributed by atoms with Gasteiger partial charge in [0.05, 0.1) is 28.9 Å². The van der Waals surface area contributed by atoms with Gasteiger partial charge in [0.15, 0.2) is 5.65 Å². The molecule has 1 fully saturated rings. The molecule has 1 aromatic carbocycles. The van der Waals surface area contributed by atoms with Crippen molar-refractivity contribution in [3.63, 3.8) is 0 Å². The molecule has 3 aromatic rings. The van der Waals surface area contributed by atoms with Crippen LogP contribution < -0.4 is 10.6 Å². The summed E-state index contributed by atoms with van der Waals surface area (Å²) < 4.78 is 1.83. The molecule has 2 N–H and O–H groups in total. The van der Waals surface area contributed by atoms with E-state index in [2.05, 4.69) is 20.7 Å². The number of likely N-dealkylation sites (tertiary alicyclic amines) is 1. The molecular formula is C24H30N6O2. The average molecular weight is 435 g/mol. The fourth-order valence-electron chi connectivity index (χ4n) is 4.23. The molecule has 0 unspecified atom stereocenters. The lowest BCUT2D eigenvalue weighted by Crippen LogP contribution is -2.41. The summed E-state index contributed by atoms with van der Waals surface area (Å²) in [6.45, 7) is 7.71. The number of piperidine rings is 1. The van der Waals surface area contributed by atoms with Crippen LogP contribution in [0.15, 0.2) is 42.7 Å². The highest BCUT2D eigenvalue weighted by Crippen LogP contribution is 2.29. The summed E-state index contributed by atoms with van der Waals surface area (Å²) in [7, 11) is 0. The highest BCUT2D eigenvalue weighted by atomic mass is 16.2. The van der Waals surface area contributed by atoms with Crippen LogP contribution in [-0.2, 0) is 11.3 Å². The minimum Gasteiger partial charge on any atom is -0.381 e. The van der Waals surface area contributed by atoms with E-state index in [0.717, 1.165) is 35.1 Å². The van der Waals surface area contributed by atoms with Crippen molar-refractivity contribution in [2.75, 3.05) is 18.4 Å². The van der Waals surface area contributed by atoms with Crippen LogP contribution in [0, 0.1) is 0 Å². The second-order valence-corrected chi connectivity index (χ2v) is 8.27. The number of hydrogen-bond acceptors (Lipinski definition) is 5. The van der Waals surface area contributed by atoms with Gasteiger partial charge in [-0.25, -0.2) is 9.67 Å². The summed E-state index contributed by atoms with van der Waals surface area (Å²) in [5, 5.41) is 12.0. The summed E-state index contributed by atoms with van der Waals surface area (Å²) in [5.74, 6) is -0.0717. The van der Waals surface area contributed by atoms with Crippen molar-refractivity contribution in [1.82, 2.24) is 25.0 Å². The first-order valence-electron chi connectivity index (χ1n) is 11.2. The van der Waals surface area contributed by atoms with Crippen LogP contribution in [0.3, 0.4) is 0 Å². The first-order chi connectivity index (χ1) is 15.5. The number of pyridine rings is 1. The van der Waals surface area contributed by atoms with Crippen molar-refractivity contribution < 1.29 is 9.59 Å². The predicted molar refractivity (Wildman–Crippen MR) is 124 cm³/mol. The third kappa shape index (κ3) is 4.44. The van der Waals surface area contributed by atoms with E-state index >= 15 is 0 Å². The largest absolute Gasteiger partial charge is 0.381 e. The van der Waals surface area contributed by atoms with Crippen molar-refractivity contribution >= 4 is 28.5 Å². The molecule has 8 nitrogen and oxygen atoms in total. The molecule has 1 aliphatic heterocycles. The van der Waals surface area contributed by atoms with Crippen molar-refractivity contribution in [3.05, 3.63) is 53.9 Å². The summed E-state index contributed by atoms with van der Waals surface area (Å²) in [5.41, 5.74) is 3.06. The normalized spacial score (nSPS) is 15.5. The van der Waals surface area contributed by atoms with E-state index in [-0.39, 0.29) is 23.9 Å². The predicted octanol–water partition coefficient (Wildman–Crippen LogP) is 3.37. The number of nitrogens with one attached hydrogen (secondary N) is 2. The Hall–Kier alpha value is -3.42. The fraction of sp³-hybridized carbons (Fsp3) is 0.417. The van der Waals surface area contributed by atoms with Crippen molar-refractivity contribution in [2.45, 2.75) is 52.2 Å². The van der Waals surface area contributed by atoms with Crippen LogP contribution in [-0.4, -0.2) is 50.6 Å². The smallest absolute Gasteiger partial charge is 0.255 e. The van der Waals surface area contributed by atoms with Gasteiger partial charge in [0.2, 0.25) is 5.91 Å². The molecule has 0 bridgehead atoms. The molecule has 3 heterocycles. The molecule has 1 saturated heterocycles. The first kappa shape index (κ1) is 21.8. The minimum atomic E-state index is -0.177. The number of nitrogens with zero attached hydrogens (tertiary/aromatic N) is 4. The van der Waals surface area contributed by atoms with Crippen LogP contribution in [0.2, 0.25) is 0 Å². The second-order valence-electron chi connectivity index (χ2n) is 8.27. The maximum Gasteiger partial charge on any atom is 0.255 e. The molecular weight excluding hydrogens is 404 g/mol. The lowest BCUT2D eigenvalue weighted by Gasteiger charge is -2.32. The summed E-state index contributed by atoms with van der Waals surface area (Å²) >= 11 is 0. The maximum atomic E-state index is 13.3. The number of aryl methyl sites for hydroxylation is 1. The zero-order valence-electron chi connectivity index (χ0n) is 18.8. The Morgan fingerprint density at radius 1 is 1.16 bits per heavy atom. The van der Waals surface area contributed by atoms with Gasteiger partial charge in [0.25, 0.3) is 5.91 Å². The van der Waals surface area contributed by atoms with Gasteiger partial charge in [-0.15, -0.1) is 0 Å². The number of amides is 2. The van der Waals surface area contributed by atoms with Gasteiger partial charge in [-0.1, -0.05) is 30.3 Å². The van der Waals surface area contributed by atoms with E-state index in [1.54, 1.807) is 19.3 Å². The molecule has 8 heteroatoms. The highest BCUT2D eigenvalue weighted by Gasteiger charge is 2.25. The van der Waals surface area contributed by atoms with Crippen molar-refractivity contribution in [1.29, 1.82) is 0 Å². The van der Waals surface area contributed by atoms with Gasteiger partial charge in [-0.05, 0) is 32.3 Å². The number of benzene rings is 1. The third-order valence-electron chi connectivity index (χ3n) is 6.15. The molecule has 168 valence electrons. The number of rotatable bonds is 6. The van der Waals surface area contributed by atoms with Gasteiger partial charge < -0.3 is 15.5 Å². The second kappa shape index (κ2) is 9.38. The standard InChI is InChI=1S/C24H30N6O2/c1-4-30-23-20(15-26-30)22(28-19-10-12-29(13-11-19)17(3)31)21(14-25-23)24(32)27-16(2)18-8-6-5-7-9-18/h5-9,14-16,19H,4,10-13H2,1-3H3,(H,25,28)(H,27,32)/t16-/m1/s1. The molecule has 0 spiro atoms. The molecule has 4 rings (SSSR count). The maximum absolute atomic E-state index is 13.3. The number of hydrogen-bond donors (Lipinski definition) is 2. The number of carbonyl (C=O) groups excluding carboxylic acids is 2. The molecule has 32 heavy (non-hydrogen) atoms. The van der Waals surface area contributed by atoms with Gasteiger partial charge >= 0.3 is 0 Å². The third-order valence-corrected chi connectivity index (χ3v) is 6.15. The zero-order valence-corrected chi connectivity index (χ0v) is 18.8. The monoisotopic (exact) mass is 434 g/mol. The van der Waals surface area contributed by atoms with E-state index < -0.39 is 0 Å². The summed E-state index contributed by atoms with van der Waals surface area (Å²) in [4.78, 5) is 31.4. The van der Waals surface area contributed by atoms with Crippen LogP contribution >= 0.6 is 0 Å². The van der Waals surface area contributed by atoms with Crippen LogP contribution in [0.4, 0.5) is 5.69 Å². The SMILES string of the molecule is CCn1ncc2c(NC3CCN(C(C)=O)CC3)c(C(=O)N[C@H](C)c3ccccc3)cnc21. The molecule has 2 aromatic heterocycles.